The first-order valence-corrected chi connectivity index (χ1v) is 8.69. The summed E-state index contributed by atoms with van der Waals surface area (Å²) in [4.78, 5) is 0. The lowest BCUT2D eigenvalue weighted by Crippen LogP contribution is -2.36. The number of thioether (sulfide) groups is 1. The zero-order chi connectivity index (χ0) is 13.5. The lowest BCUT2D eigenvalue weighted by Gasteiger charge is -2.10. The van der Waals surface area contributed by atoms with Crippen molar-refractivity contribution in [3.05, 3.63) is 0 Å². The van der Waals surface area contributed by atoms with Gasteiger partial charge in [-0.05, 0) is 50.4 Å². The van der Waals surface area contributed by atoms with Gasteiger partial charge in [-0.1, -0.05) is 12.8 Å². The van der Waals surface area contributed by atoms with Gasteiger partial charge in [-0.3, -0.25) is 0 Å². The molecular formula is C13H28N2OS2. The topological polar surface area (TPSA) is 33.3 Å². The maximum atomic E-state index is 5.26. The molecule has 0 radical (unpaired) electrons. The summed E-state index contributed by atoms with van der Waals surface area (Å²) < 4.78 is 5.26. The van der Waals surface area contributed by atoms with Gasteiger partial charge in [-0.2, -0.15) is 11.8 Å². The molecule has 0 unspecified atom stereocenters. The molecule has 0 rings (SSSR count). The van der Waals surface area contributed by atoms with Crippen LogP contribution < -0.4 is 10.6 Å². The third-order valence-corrected chi connectivity index (χ3v) is 3.50. The molecule has 0 aromatic heterocycles. The quantitative estimate of drug-likeness (QED) is 0.427. The van der Waals surface area contributed by atoms with Crippen molar-refractivity contribution < 1.29 is 4.74 Å². The molecule has 0 aliphatic carbocycles. The number of hydrogen-bond donors (Lipinski definition) is 2. The summed E-state index contributed by atoms with van der Waals surface area (Å²) in [6.07, 6.45) is 8.33. The lowest BCUT2D eigenvalue weighted by atomic mass is 10.2. The van der Waals surface area contributed by atoms with Crippen molar-refractivity contribution >= 4 is 29.1 Å². The molecule has 0 aliphatic rings. The Labute approximate surface area is 122 Å². The number of unbranched alkanes of at least 4 members (excludes halogenated alkanes) is 3. The molecule has 0 aliphatic heterocycles. The Bertz CT molecular complexity index is 192. The Morgan fingerprint density at radius 3 is 2.39 bits per heavy atom. The molecule has 0 saturated heterocycles. The summed E-state index contributed by atoms with van der Waals surface area (Å²) >= 11 is 7.11. The molecule has 108 valence electrons. The van der Waals surface area contributed by atoms with E-state index in [1.807, 2.05) is 18.7 Å². The maximum Gasteiger partial charge on any atom is 0.166 e. The summed E-state index contributed by atoms with van der Waals surface area (Å²) in [6.45, 7) is 5.48. The Kier molecular flexibility index (Phi) is 15.1. The zero-order valence-corrected chi connectivity index (χ0v) is 13.4. The highest BCUT2D eigenvalue weighted by molar-refractivity contribution is 7.98. The molecule has 0 aromatic carbocycles. The molecule has 18 heavy (non-hydrogen) atoms. The van der Waals surface area contributed by atoms with Gasteiger partial charge >= 0.3 is 0 Å². The highest BCUT2D eigenvalue weighted by atomic mass is 32.2. The van der Waals surface area contributed by atoms with E-state index in [4.69, 9.17) is 17.0 Å². The molecule has 0 bridgehead atoms. The minimum Gasteiger partial charge on any atom is -0.382 e. The van der Waals surface area contributed by atoms with Gasteiger partial charge in [0, 0.05) is 26.3 Å². The largest absolute Gasteiger partial charge is 0.382 e. The molecule has 0 atom stereocenters. The summed E-state index contributed by atoms with van der Waals surface area (Å²) in [5.74, 6) is 1.28. The maximum absolute atomic E-state index is 5.26. The molecule has 0 fully saturated rings. The average molecular weight is 293 g/mol. The number of rotatable bonds is 12. The molecular weight excluding hydrogens is 264 g/mol. The van der Waals surface area contributed by atoms with Crippen molar-refractivity contribution in [3.8, 4) is 0 Å². The minimum absolute atomic E-state index is 0.774. The van der Waals surface area contributed by atoms with Crippen LogP contribution in [0.15, 0.2) is 0 Å². The van der Waals surface area contributed by atoms with E-state index in [-0.39, 0.29) is 0 Å². The number of thiocarbonyl (C=S) groups is 1. The fourth-order valence-electron chi connectivity index (χ4n) is 1.51. The molecule has 0 aromatic rings. The first-order chi connectivity index (χ1) is 8.81. The van der Waals surface area contributed by atoms with Crippen LogP contribution in [0.1, 0.15) is 39.0 Å². The molecule has 3 nitrogen and oxygen atoms in total. The number of ether oxygens (including phenoxy) is 1. The van der Waals surface area contributed by atoms with E-state index in [0.717, 1.165) is 37.8 Å². The minimum atomic E-state index is 0.774. The van der Waals surface area contributed by atoms with Crippen LogP contribution in [0.25, 0.3) is 0 Å². The summed E-state index contributed by atoms with van der Waals surface area (Å²) in [6, 6.07) is 0. The standard InChI is InChI=1S/C13H28N2OS2/c1-3-16-11-8-10-15-13(17)14-9-6-4-5-7-12-18-2/h3-12H2,1-2H3,(H2,14,15,17). The van der Waals surface area contributed by atoms with Crippen molar-refractivity contribution in [1.82, 2.24) is 10.6 Å². The van der Waals surface area contributed by atoms with Crippen molar-refractivity contribution in [1.29, 1.82) is 0 Å². The summed E-state index contributed by atoms with van der Waals surface area (Å²) in [5.41, 5.74) is 0. The Morgan fingerprint density at radius 1 is 1.06 bits per heavy atom. The van der Waals surface area contributed by atoms with E-state index in [1.165, 1.54) is 31.4 Å². The fourth-order valence-corrected chi connectivity index (χ4v) is 2.21. The van der Waals surface area contributed by atoms with Crippen molar-refractivity contribution in [2.75, 3.05) is 38.3 Å². The van der Waals surface area contributed by atoms with E-state index < -0.39 is 0 Å². The van der Waals surface area contributed by atoms with Crippen LogP contribution in [0.5, 0.6) is 0 Å². The molecule has 0 heterocycles. The van der Waals surface area contributed by atoms with Crippen molar-refractivity contribution in [3.63, 3.8) is 0 Å². The van der Waals surface area contributed by atoms with Gasteiger partial charge in [-0.15, -0.1) is 0 Å². The monoisotopic (exact) mass is 292 g/mol. The number of nitrogens with one attached hydrogen (secondary N) is 2. The van der Waals surface area contributed by atoms with Gasteiger partial charge in [0.2, 0.25) is 0 Å². The zero-order valence-electron chi connectivity index (χ0n) is 11.8. The smallest absolute Gasteiger partial charge is 0.166 e. The normalized spacial score (nSPS) is 10.3. The van der Waals surface area contributed by atoms with E-state index in [1.54, 1.807) is 0 Å². The van der Waals surface area contributed by atoms with Crippen LogP contribution in [0, 0.1) is 0 Å². The van der Waals surface area contributed by atoms with Gasteiger partial charge in [0.25, 0.3) is 0 Å². The Morgan fingerprint density at radius 2 is 1.72 bits per heavy atom. The van der Waals surface area contributed by atoms with Gasteiger partial charge in [-0.25, -0.2) is 0 Å². The van der Waals surface area contributed by atoms with E-state index in [0.29, 0.717) is 0 Å². The van der Waals surface area contributed by atoms with Crippen LogP contribution >= 0.6 is 24.0 Å². The Hall–Kier alpha value is 0. The van der Waals surface area contributed by atoms with Crippen LogP contribution in [0.3, 0.4) is 0 Å². The van der Waals surface area contributed by atoms with E-state index in [2.05, 4.69) is 16.9 Å². The van der Waals surface area contributed by atoms with Crippen molar-refractivity contribution in [2.24, 2.45) is 0 Å². The molecule has 2 N–H and O–H groups in total. The van der Waals surface area contributed by atoms with Crippen LogP contribution in [0.4, 0.5) is 0 Å². The predicted molar refractivity (Wildman–Crippen MR) is 86.6 cm³/mol. The average Bonchev–Trinajstić information content (AvgIpc) is 2.37. The second kappa shape index (κ2) is 15.1. The van der Waals surface area contributed by atoms with Crippen LogP contribution in [0.2, 0.25) is 0 Å². The summed E-state index contributed by atoms with van der Waals surface area (Å²) in [5, 5.41) is 7.20. The molecule has 5 heteroatoms. The second-order valence-corrected chi connectivity index (χ2v) is 5.53. The third kappa shape index (κ3) is 14.1. The van der Waals surface area contributed by atoms with Crippen molar-refractivity contribution in [2.45, 2.75) is 39.0 Å². The van der Waals surface area contributed by atoms with E-state index >= 15 is 0 Å². The first-order valence-electron chi connectivity index (χ1n) is 6.89. The van der Waals surface area contributed by atoms with Crippen LogP contribution in [-0.4, -0.2) is 43.4 Å². The SMILES string of the molecule is CCOCCCNC(=S)NCCCCCCSC. The van der Waals surface area contributed by atoms with Gasteiger partial charge in [0.05, 0.1) is 0 Å². The lowest BCUT2D eigenvalue weighted by molar-refractivity contribution is 0.145. The molecule has 0 spiro atoms. The first kappa shape index (κ1) is 18.0. The fraction of sp³-hybridized carbons (Fsp3) is 0.923. The van der Waals surface area contributed by atoms with Gasteiger partial charge in [0.15, 0.2) is 5.11 Å². The van der Waals surface area contributed by atoms with Gasteiger partial charge in [0.1, 0.15) is 0 Å². The third-order valence-electron chi connectivity index (χ3n) is 2.52. The molecule has 0 saturated carbocycles. The van der Waals surface area contributed by atoms with Crippen LogP contribution in [-0.2, 0) is 4.74 Å². The predicted octanol–water partition coefficient (Wildman–Crippen LogP) is 2.80. The second-order valence-electron chi connectivity index (χ2n) is 4.14. The summed E-state index contributed by atoms with van der Waals surface area (Å²) in [7, 11) is 0. The highest BCUT2D eigenvalue weighted by Crippen LogP contribution is 2.03. The number of hydrogen-bond acceptors (Lipinski definition) is 3. The van der Waals surface area contributed by atoms with Gasteiger partial charge < -0.3 is 15.4 Å². The molecule has 0 amide bonds. The van der Waals surface area contributed by atoms with E-state index in [9.17, 15) is 0 Å². The Balaban J connectivity index is 3.12. The highest BCUT2D eigenvalue weighted by Gasteiger charge is 1.95.